The number of aromatic amines is 1. The maximum atomic E-state index is 13.1. The fourth-order valence-electron chi connectivity index (χ4n) is 3.89. The van der Waals surface area contributed by atoms with Crippen LogP contribution in [0.3, 0.4) is 0 Å². The van der Waals surface area contributed by atoms with Crippen molar-refractivity contribution in [3.05, 3.63) is 36.0 Å². The normalized spacial score (nSPS) is 22.8. The summed E-state index contributed by atoms with van der Waals surface area (Å²) in [6.07, 6.45) is 5.35. The Morgan fingerprint density at radius 1 is 1.17 bits per heavy atom. The summed E-state index contributed by atoms with van der Waals surface area (Å²) in [5.74, 6) is 0.171. The van der Waals surface area contributed by atoms with Crippen LogP contribution in [0.4, 0.5) is 0 Å². The van der Waals surface area contributed by atoms with Crippen LogP contribution in [-0.2, 0) is 4.74 Å². The van der Waals surface area contributed by atoms with Crippen molar-refractivity contribution in [2.45, 2.75) is 25.3 Å². The Morgan fingerprint density at radius 3 is 2.92 bits per heavy atom. The van der Waals surface area contributed by atoms with E-state index in [2.05, 4.69) is 14.8 Å². The molecule has 2 aliphatic rings. The Morgan fingerprint density at radius 2 is 2.04 bits per heavy atom. The fourth-order valence-corrected chi connectivity index (χ4v) is 3.89. The predicted molar refractivity (Wildman–Crippen MR) is 94.2 cm³/mol. The first-order valence-corrected chi connectivity index (χ1v) is 8.99. The third-order valence-corrected chi connectivity index (χ3v) is 5.26. The number of aromatic nitrogens is 1. The van der Waals surface area contributed by atoms with E-state index in [4.69, 9.17) is 4.74 Å². The van der Waals surface area contributed by atoms with Crippen LogP contribution in [0.2, 0.25) is 0 Å². The molecular formula is C19H25N3O2. The van der Waals surface area contributed by atoms with Crippen LogP contribution < -0.4 is 0 Å². The Balaban J connectivity index is 1.51. The molecular weight excluding hydrogens is 302 g/mol. The minimum Gasteiger partial charge on any atom is -0.379 e. The number of hydrogen-bond acceptors (Lipinski definition) is 3. The zero-order valence-electron chi connectivity index (χ0n) is 14.0. The van der Waals surface area contributed by atoms with E-state index in [9.17, 15) is 4.79 Å². The highest BCUT2D eigenvalue weighted by molar-refractivity contribution is 5.98. The molecule has 1 aromatic heterocycles. The number of fused-ring (bicyclic) bond motifs is 1. The second-order valence-corrected chi connectivity index (χ2v) is 6.84. The third kappa shape index (κ3) is 3.19. The molecule has 0 unspecified atom stereocenters. The molecule has 24 heavy (non-hydrogen) atoms. The molecule has 1 aromatic carbocycles. The van der Waals surface area contributed by atoms with E-state index in [1.54, 1.807) is 0 Å². The molecule has 4 rings (SSSR count). The van der Waals surface area contributed by atoms with Gasteiger partial charge in [-0.05, 0) is 42.8 Å². The summed E-state index contributed by atoms with van der Waals surface area (Å²) in [5, 5.41) is 1.15. The van der Waals surface area contributed by atoms with Crippen molar-refractivity contribution in [1.29, 1.82) is 0 Å². The van der Waals surface area contributed by atoms with Crippen molar-refractivity contribution >= 4 is 16.8 Å². The summed E-state index contributed by atoms with van der Waals surface area (Å²) >= 11 is 0. The van der Waals surface area contributed by atoms with Crippen LogP contribution in [-0.4, -0.2) is 66.1 Å². The second-order valence-electron chi connectivity index (χ2n) is 6.84. The summed E-state index contributed by atoms with van der Waals surface area (Å²) in [6.45, 7) is 5.42. The van der Waals surface area contributed by atoms with Crippen LogP contribution in [0, 0.1) is 0 Å². The number of piperidine rings is 1. The summed E-state index contributed by atoms with van der Waals surface area (Å²) in [6, 6.07) is 8.33. The molecule has 5 nitrogen and oxygen atoms in total. The number of rotatable bonds is 3. The van der Waals surface area contributed by atoms with E-state index >= 15 is 0 Å². The number of morpholine rings is 1. The summed E-state index contributed by atoms with van der Waals surface area (Å²) in [4.78, 5) is 20.8. The van der Waals surface area contributed by atoms with Gasteiger partial charge in [-0.1, -0.05) is 6.07 Å². The molecule has 0 radical (unpaired) electrons. The van der Waals surface area contributed by atoms with Gasteiger partial charge in [0.15, 0.2) is 0 Å². The van der Waals surface area contributed by atoms with Gasteiger partial charge in [-0.15, -0.1) is 0 Å². The minimum absolute atomic E-state index is 0.171. The minimum atomic E-state index is 0.171. The zero-order valence-corrected chi connectivity index (χ0v) is 14.0. The van der Waals surface area contributed by atoms with E-state index in [1.807, 2.05) is 30.5 Å². The Labute approximate surface area is 142 Å². The maximum absolute atomic E-state index is 13.1. The number of nitrogens with zero attached hydrogens (tertiary/aromatic N) is 2. The molecule has 5 heteroatoms. The second kappa shape index (κ2) is 6.95. The quantitative estimate of drug-likeness (QED) is 0.942. The third-order valence-electron chi connectivity index (χ3n) is 5.26. The molecule has 2 saturated heterocycles. The monoisotopic (exact) mass is 327 g/mol. The molecule has 1 amide bonds. The zero-order chi connectivity index (χ0) is 16.4. The Kier molecular flexibility index (Phi) is 4.54. The van der Waals surface area contributed by atoms with Crippen molar-refractivity contribution in [1.82, 2.24) is 14.8 Å². The first-order valence-electron chi connectivity index (χ1n) is 8.99. The number of nitrogens with one attached hydrogen (secondary N) is 1. The van der Waals surface area contributed by atoms with Gasteiger partial charge in [-0.25, -0.2) is 0 Å². The molecule has 1 N–H and O–H groups in total. The Bertz CT molecular complexity index is 705. The topological polar surface area (TPSA) is 48.6 Å². The number of carbonyl (C=O) groups is 1. The number of ether oxygens (including phenoxy) is 1. The van der Waals surface area contributed by atoms with Gasteiger partial charge in [0.25, 0.3) is 5.91 Å². The van der Waals surface area contributed by atoms with E-state index in [0.29, 0.717) is 6.04 Å². The molecule has 128 valence electrons. The van der Waals surface area contributed by atoms with Gasteiger partial charge >= 0.3 is 0 Å². The highest BCUT2D eigenvalue weighted by atomic mass is 16.5. The van der Waals surface area contributed by atoms with Crippen LogP contribution in [0.5, 0.6) is 0 Å². The standard InChI is InChI=1S/C19H25N3O2/c23-19(16-5-4-15-6-7-20-18(15)13-16)22-8-2-1-3-17(22)14-21-9-11-24-12-10-21/h4-7,13,17,20H,1-3,8-12,14H2/t17-/m1/s1. The van der Waals surface area contributed by atoms with Crippen molar-refractivity contribution in [3.63, 3.8) is 0 Å². The molecule has 0 bridgehead atoms. The average molecular weight is 327 g/mol. The molecule has 2 fully saturated rings. The van der Waals surface area contributed by atoms with Gasteiger partial charge in [0.1, 0.15) is 0 Å². The first kappa shape index (κ1) is 15.7. The van der Waals surface area contributed by atoms with Crippen molar-refractivity contribution in [2.24, 2.45) is 0 Å². The van der Waals surface area contributed by atoms with E-state index < -0.39 is 0 Å². The van der Waals surface area contributed by atoms with Crippen LogP contribution in [0.15, 0.2) is 30.5 Å². The van der Waals surface area contributed by atoms with Gasteiger partial charge < -0.3 is 14.6 Å². The number of hydrogen-bond donors (Lipinski definition) is 1. The van der Waals surface area contributed by atoms with Crippen molar-refractivity contribution in [3.8, 4) is 0 Å². The van der Waals surface area contributed by atoms with Gasteiger partial charge in [0.05, 0.1) is 13.2 Å². The highest BCUT2D eigenvalue weighted by Crippen LogP contribution is 2.22. The summed E-state index contributed by atoms with van der Waals surface area (Å²) < 4.78 is 5.44. The lowest BCUT2D eigenvalue weighted by atomic mass is 9.99. The van der Waals surface area contributed by atoms with Gasteiger partial charge in [0, 0.05) is 49.5 Å². The number of amides is 1. The average Bonchev–Trinajstić information content (AvgIpc) is 3.10. The van der Waals surface area contributed by atoms with Crippen LogP contribution in [0.25, 0.3) is 10.9 Å². The van der Waals surface area contributed by atoms with Crippen molar-refractivity contribution < 1.29 is 9.53 Å². The van der Waals surface area contributed by atoms with E-state index in [0.717, 1.165) is 68.7 Å². The molecule has 2 aromatic rings. The fraction of sp³-hybridized carbons (Fsp3) is 0.526. The predicted octanol–water partition coefficient (Wildman–Crippen LogP) is 2.49. The summed E-state index contributed by atoms with van der Waals surface area (Å²) in [5.41, 5.74) is 1.82. The molecule has 0 saturated carbocycles. The lowest BCUT2D eigenvalue weighted by molar-refractivity contribution is 0.0166. The molecule has 0 spiro atoms. The van der Waals surface area contributed by atoms with Gasteiger partial charge in [-0.2, -0.15) is 0 Å². The number of H-pyrrole nitrogens is 1. The Hall–Kier alpha value is -1.85. The maximum Gasteiger partial charge on any atom is 0.254 e. The molecule has 1 atom stereocenters. The smallest absolute Gasteiger partial charge is 0.254 e. The van der Waals surface area contributed by atoms with Crippen LogP contribution >= 0.6 is 0 Å². The van der Waals surface area contributed by atoms with Crippen molar-refractivity contribution in [2.75, 3.05) is 39.4 Å². The van der Waals surface area contributed by atoms with Gasteiger partial charge in [-0.3, -0.25) is 9.69 Å². The highest BCUT2D eigenvalue weighted by Gasteiger charge is 2.29. The van der Waals surface area contributed by atoms with E-state index in [1.165, 1.54) is 6.42 Å². The van der Waals surface area contributed by atoms with E-state index in [-0.39, 0.29) is 5.91 Å². The van der Waals surface area contributed by atoms with Gasteiger partial charge in [0.2, 0.25) is 0 Å². The lowest BCUT2D eigenvalue weighted by Crippen LogP contribution is -2.51. The first-order chi connectivity index (χ1) is 11.8. The molecule has 2 aliphatic heterocycles. The lowest BCUT2D eigenvalue weighted by Gasteiger charge is -2.39. The number of carbonyl (C=O) groups excluding carboxylic acids is 1. The largest absolute Gasteiger partial charge is 0.379 e. The SMILES string of the molecule is O=C(c1ccc2cc[nH]c2c1)N1CCCC[C@@H]1CN1CCOCC1. The van der Waals surface area contributed by atoms with Crippen LogP contribution in [0.1, 0.15) is 29.6 Å². The number of benzene rings is 1. The molecule has 0 aliphatic carbocycles. The molecule has 3 heterocycles. The summed E-state index contributed by atoms with van der Waals surface area (Å²) in [7, 11) is 0. The number of likely N-dealkylation sites (tertiary alicyclic amines) is 1.